The van der Waals surface area contributed by atoms with Crippen LogP contribution < -0.4 is 5.32 Å². The molecule has 0 fully saturated rings. The molecule has 1 atom stereocenters. The van der Waals surface area contributed by atoms with Crippen LogP contribution in [0.2, 0.25) is 0 Å². The fourth-order valence-electron chi connectivity index (χ4n) is 4.03. The van der Waals surface area contributed by atoms with Gasteiger partial charge >= 0.3 is 0 Å². The molecule has 4 rings (SSSR count). The number of benzene rings is 4. The number of carbonyl (C=O) groups is 1. The Labute approximate surface area is 195 Å². The molecule has 0 aromatic heterocycles. The van der Waals surface area contributed by atoms with Crippen molar-refractivity contribution in [1.82, 2.24) is 0 Å². The Kier molecular flexibility index (Phi) is 6.09. The Bertz CT molecular complexity index is 1400. The zero-order valence-electron chi connectivity index (χ0n) is 19.0. The molecule has 0 aliphatic carbocycles. The van der Waals surface area contributed by atoms with E-state index in [4.69, 9.17) is 0 Å². The molecule has 4 aromatic rings. The maximum Gasteiger partial charge on any atom is 0.235 e. The van der Waals surface area contributed by atoms with Crippen molar-refractivity contribution < 1.29 is 13.2 Å². The van der Waals surface area contributed by atoms with Crippen LogP contribution in [0.4, 0.5) is 5.69 Å². The number of sulfone groups is 1. The van der Waals surface area contributed by atoms with Gasteiger partial charge in [-0.05, 0) is 49.9 Å². The number of rotatable bonds is 6. The summed E-state index contributed by atoms with van der Waals surface area (Å²) in [4.78, 5) is 13.8. The molecule has 168 valence electrons. The summed E-state index contributed by atoms with van der Waals surface area (Å²) < 4.78 is 27.4. The third kappa shape index (κ3) is 4.69. The van der Waals surface area contributed by atoms with Crippen LogP contribution in [0.5, 0.6) is 0 Å². The number of fused-ring (bicyclic) bond motifs is 1. The highest BCUT2D eigenvalue weighted by molar-refractivity contribution is 7.91. The lowest BCUT2D eigenvalue weighted by Crippen LogP contribution is -2.43. The summed E-state index contributed by atoms with van der Waals surface area (Å²) >= 11 is 0. The highest BCUT2D eigenvalue weighted by Gasteiger charge is 2.40. The number of nitrogens with one attached hydrogen (secondary N) is 1. The average Bonchev–Trinajstić information content (AvgIpc) is 2.80. The van der Waals surface area contributed by atoms with Gasteiger partial charge in [-0.2, -0.15) is 0 Å². The summed E-state index contributed by atoms with van der Waals surface area (Å²) in [5, 5.41) is 4.44. The van der Waals surface area contributed by atoms with Crippen molar-refractivity contribution in [2.75, 3.05) is 11.1 Å². The van der Waals surface area contributed by atoms with Crippen LogP contribution in [0.1, 0.15) is 23.6 Å². The molecule has 5 heteroatoms. The van der Waals surface area contributed by atoms with E-state index in [1.54, 1.807) is 25.1 Å². The van der Waals surface area contributed by atoms with E-state index >= 15 is 0 Å². The molecule has 0 aliphatic heterocycles. The standard InChI is InChI=1S/C28H27NO3S/c1-20-11-15-23(16-12-20)28(3,27(30)29-24-17-13-21(2)14-18-24)19-33(31,32)26-10-6-8-22-7-4-5-9-25(22)26/h4-18H,19H2,1-3H3,(H,29,30). The van der Waals surface area contributed by atoms with E-state index < -0.39 is 15.3 Å². The first-order valence-electron chi connectivity index (χ1n) is 10.8. The fraction of sp³-hybridized carbons (Fsp3) is 0.179. The van der Waals surface area contributed by atoms with E-state index in [0.29, 0.717) is 16.6 Å². The Morgan fingerprint density at radius 3 is 2.03 bits per heavy atom. The quantitative estimate of drug-likeness (QED) is 0.396. The van der Waals surface area contributed by atoms with E-state index in [2.05, 4.69) is 5.32 Å². The van der Waals surface area contributed by atoms with Gasteiger partial charge in [0.25, 0.3) is 0 Å². The second-order valence-corrected chi connectivity index (χ2v) is 10.7. The molecule has 1 amide bonds. The second kappa shape index (κ2) is 8.83. The Morgan fingerprint density at radius 2 is 1.36 bits per heavy atom. The van der Waals surface area contributed by atoms with Gasteiger partial charge in [-0.3, -0.25) is 4.79 Å². The molecule has 0 heterocycles. The number of hydrogen-bond acceptors (Lipinski definition) is 3. The summed E-state index contributed by atoms with van der Waals surface area (Å²) in [6.07, 6.45) is 0. The van der Waals surface area contributed by atoms with E-state index in [1.807, 2.05) is 86.6 Å². The molecule has 0 spiro atoms. The van der Waals surface area contributed by atoms with Crippen molar-refractivity contribution in [3.63, 3.8) is 0 Å². The minimum atomic E-state index is -3.81. The summed E-state index contributed by atoms with van der Waals surface area (Å²) in [6, 6.07) is 27.6. The number of aryl methyl sites for hydroxylation is 2. The fourth-order valence-corrected chi connectivity index (χ4v) is 6.05. The number of amides is 1. The highest BCUT2D eigenvalue weighted by atomic mass is 32.2. The van der Waals surface area contributed by atoms with Gasteiger partial charge in [0.1, 0.15) is 0 Å². The first kappa shape index (κ1) is 22.7. The van der Waals surface area contributed by atoms with E-state index in [-0.39, 0.29) is 16.6 Å². The molecule has 0 saturated heterocycles. The zero-order chi connectivity index (χ0) is 23.6. The van der Waals surface area contributed by atoms with Crippen LogP contribution in [-0.2, 0) is 20.0 Å². The van der Waals surface area contributed by atoms with Crippen molar-refractivity contribution in [3.05, 3.63) is 108 Å². The van der Waals surface area contributed by atoms with Gasteiger partial charge in [-0.25, -0.2) is 8.42 Å². The lowest BCUT2D eigenvalue weighted by Gasteiger charge is -2.29. The molecule has 1 unspecified atom stereocenters. The Hall–Kier alpha value is -3.44. The summed E-state index contributed by atoms with van der Waals surface area (Å²) in [7, 11) is -3.81. The van der Waals surface area contributed by atoms with Crippen molar-refractivity contribution in [2.24, 2.45) is 0 Å². The Balaban J connectivity index is 1.78. The normalized spacial score (nSPS) is 13.4. The van der Waals surface area contributed by atoms with Gasteiger partial charge in [-0.15, -0.1) is 0 Å². The molecule has 33 heavy (non-hydrogen) atoms. The van der Waals surface area contributed by atoms with Gasteiger partial charge in [-0.1, -0.05) is 83.9 Å². The van der Waals surface area contributed by atoms with E-state index in [9.17, 15) is 13.2 Å². The largest absolute Gasteiger partial charge is 0.325 e. The minimum absolute atomic E-state index is 0.238. The van der Waals surface area contributed by atoms with Crippen LogP contribution in [0.15, 0.2) is 95.9 Å². The van der Waals surface area contributed by atoms with Gasteiger partial charge < -0.3 is 5.32 Å². The first-order chi connectivity index (χ1) is 15.7. The molecule has 0 radical (unpaired) electrons. The van der Waals surface area contributed by atoms with Crippen molar-refractivity contribution in [2.45, 2.75) is 31.1 Å². The topological polar surface area (TPSA) is 63.2 Å². The van der Waals surface area contributed by atoms with Crippen molar-refractivity contribution in [3.8, 4) is 0 Å². The Morgan fingerprint density at radius 1 is 0.788 bits per heavy atom. The SMILES string of the molecule is Cc1ccc(NC(=O)C(C)(CS(=O)(=O)c2cccc3ccccc23)c2ccc(C)cc2)cc1. The molecule has 4 aromatic carbocycles. The minimum Gasteiger partial charge on any atom is -0.325 e. The number of hydrogen-bond donors (Lipinski definition) is 1. The van der Waals surface area contributed by atoms with Crippen LogP contribution in [0.3, 0.4) is 0 Å². The first-order valence-corrected chi connectivity index (χ1v) is 12.5. The molecule has 0 aliphatic rings. The van der Waals surface area contributed by atoms with E-state index in [1.165, 1.54) is 0 Å². The summed E-state index contributed by atoms with van der Waals surface area (Å²) in [5.74, 6) is -0.714. The lowest BCUT2D eigenvalue weighted by molar-refractivity contribution is -0.120. The third-order valence-electron chi connectivity index (χ3n) is 6.06. The predicted molar refractivity (Wildman–Crippen MR) is 134 cm³/mol. The van der Waals surface area contributed by atoms with Crippen molar-refractivity contribution >= 4 is 32.2 Å². The van der Waals surface area contributed by atoms with Gasteiger partial charge in [0.2, 0.25) is 5.91 Å². The maximum absolute atomic E-state index is 13.7. The monoisotopic (exact) mass is 457 g/mol. The van der Waals surface area contributed by atoms with Crippen LogP contribution in [0, 0.1) is 13.8 Å². The summed E-state index contributed by atoms with van der Waals surface area (Å²) in [6.45, 7) is 5.63. The number of anilines is 1. The summed E-state index contributed by atoms with van der Waals surface area (Å²) in [5.41, 5.74) is 2.10. The molecule has 0 saturated carbocycles. The molecule has 4 nitrogen and oxygen atoms in total. The van der Waals surface area contributed by atoms with Crippen LogP contribution in [-0.4, -0.2) is 20.1 Å². The molecular weight excluding hydrogens is 430 g/mol. The number of carbonyl (C=O) groups excluding carboxylic acids is 1. The van der Waals surface area contributed by atoms with Gasteiger partial charge in [0, 0.05) is 11.1 Å². The van der Waals surface area contributed by atoms with Gasteiger partial charge in [0.15, 0.2) is 9.84 Å². The van der Waals surface area contributed by atoms with Crippen molar-refractivity contribution in [1.29, 1.82) is 0 Å². The maximum atomic E-state index is 13.7. The predicted octanol–water partition coefficient (Wildman–Crippen LogP) is 5.83. The molecule has 0 bridgehead atoms. The van der Waals surface area contributed by atoms with E-state index in [0.717, 1.165) is 16.5 Å². The zero-order valence-corrected chi connectivity index (χ0v) is 19.8. The lowest BCUT2D eigenvalue weighted by atomic mass is 9.83. The molecule has 1 N–H and O–H groups in total. The van der Waals surface area contributed by atoms with Crippen LogP contribution >= 0.6 is 0 Å². The highest BCUT2D eigenvalue weighted by Crippen LogP contribution is 2.33. The second-order valence-electron chi connectivity index (χ2n) is 8.75. The molecular formula is C28H27NO3S. The van der Waals surface area contributed by atoms with Gasteiger partial charge in [0.05, 0.1) is 16.1 Å². The smallest absolute Gasteiger partial charge is 0.235 e. The van der Waals surface area contributed by atoms with Crippen LogP contribution in [0.25, 0.3) is 10.8 Å². The third-order valence-corrected chi connectivity index (χ3v) is 8.05. The average molecular weight is 458 g/mol.